The smallest absolute Gasteiger partial charge is 0.221 e. The minimum Gasteiger partial charge on any atom is -0.354 e. The first kappa shape index (κ1) is 12.0. The largest absolute Gasteiger partial charge is 0.354 e. The summed E-state index contributed by atoms with van der Waals surface area (Å²) in [5.74, 6) is 1.84. The van der Waals surface area contributed by atoms with Crippen LogP contribution < -0.4 is 5.32 Å². The molecular formula is C15H14N6. The fraction of sp³-hybridized carbons (Fsp3) is 0.200. The summed E-state index contributed by atoms with van der Waals surface area (Å²) in [6, 6.07) is 9.84. The Morgan fingerprint density at radius 1 is 1.10 bits per heavy atom. The zero-order valence-electron chi connectivity index (χ0n) is 11.3. The topological polar surface area (TPSA) is 68.5 Å². The van der Waals surface area contributed by atoms with Gasteiger partial charge in [0.05, 0.1) is 6.54 Å². The lowest BCUT2D eigenvalue weighted by molar-refractivity contribution is 0.504. The van der Waals surface area contributed by atoms with Crippen LogP contribution in [0.5, 0.6) is 0 Å². The van der Waals surface area contributed by atoms with Crippen molar-refractivity contribution >= 4 is 5.95 Å². The molecule has 104 valence electrons. The van der Waals surface area contributed by atoms with Crippen LogP contribution in [0.3, 0.4) is 0 Å². The van der Waals surface area contributed by atoms with Gasteiger partial charge in [-0.15, -0.1) is 5.10 Å². The highest BCUT2D eigenvalue weighted by atomic mass is 15.4. The number of aromatic nitrogens is 5. The molecule has 0 aliphatic carbocycles. The minimum absolute atomic E-state index is 0.374. The third-order valence-corrected chi connectivity index (χ3v) is 3.64. The highest BCUT2D eigenvalue weighted by Crippen LogP contribution is 2.25. The summed E-state index contributed by atoms with van der Waals surface area (Å²) in [7, 11) is 0. The molecule has 0 bridgehead atoms. The van der Waals surface area contributed by atoms with Crippen molar-refractivity contribution in [2.45, 2.75) is 12.5 Å². The predicted molar refractivity (Wildman–Crippen MR) is 78.7 cm³/mol. The number of hydrogen-bond acceptors (Lipinski definition) is 5. The molecular weight excluding hydrogens is 264 g/mol. The Hall–Kier alpha value is -2.76. The van der Waals surface area contributed by atoms with Crippen molar-refractivity contribution in [3.8, 4) is 11.5 Å². The third-order valence-electron chi connectivity index (χ3n) is 3.64. The van der Waals surface area contributed by atoms with Crippen molar-refractivity contribution in [3.63, 3.8) is 0 Å². The number of nitrogens with zero attached hydrogens (tertiary/aromatic N) is 5. The molecule has 1 aliphatic heterocycles. The molecule has 1 N–H and O–H groups in total. The number of pyridine rings is 2. The summed E-state index contributed by atoms with van der Waals surface area (Å²) in [6.45, 7) is 1.66. The highest BCUT2D eigenvalue weighted by Gasteiger charge is 2.23. The molecule has 0 aromatic carbocycles. The second-order valence-electron chi connectivity index (χ2n) is 5.01. The van der Waals surface area contributed by atoms with E-state index >= 15 is 0 Å². The normalized spacial score (nSPS) is 17.0. The van der Waals surface area contributed by atoms with Crippen LogP contribution in [-0.2, 0) is 6.54 Å². The Morgan fingerprint density at radius 2 is 2.00 bits per heavy atom. The van der Waals surface area contributed by atoms with Crippen molar-refractivity contribution in [3.05, 3.63) is 54.5 Å². The quantitative estimate of drug-likeness (QED) is 0.776. The number of fused-ring (bicyclic) bond motifs is 1. The zero-order valence-corrected chi connectivity index (χ0v) is 11.3. The van der Waals surface area contributed by atoms with Crippen molar-refractivity contribution in [2.24, 2.45) is 0 Å². The molecule has 0 saturated heterocycles. The molecule has 0 amide bonds. The van der Waals surface area contributed by atoms with E-state index in [4.69, 9.17) is 0 Å². The summed E-state index contributed by atoms with van der Waals surface area (Å²) in [6.07, 6.45) is 5.40. The summed E-state index contributed by atoms with van der Waals surface area (Å²) >= 11 is 0. The molecule has 4 rings (SSSR count). The second kappa shape index (κ2) is 4.97. The van der Waals surface area contributed by atoms with Crippen LogP contribution in [0.15, 0.2) is 48.9 Å². The van der Waals surface area contributed by atoms with Crippen molar-refractivity contribution in [1.29, 1.82) is 0 Å². The van der Waals surface area contributed by atoms with Gasteiger partial charge in [-0.25, -0.2) is 4.68 Å². The van der Waals surface area contributed by atoms with Crippen LogP contribution >= 0.6 is 0 Å². The first-order valence-corrected chi connectivity index (χ1v) is 6.90. The lowest BCUT2D eigenvalue weighted by Crippen LogP contribution is -2.26. The Bertz CT molecular complexity index is 737. The van der Waals surface area contributed by atoms with Gasteiger partial charge in [-0.3, -0.25) is 9.97 Å². The Labute approximate surface area is 121 Å². The van der Waals surface area contributed by atoms with E-state index in [1.54, 1.807) is 6.20 Å². The third kappa shape index (κ3) is 2.24. The van der Waals surface area contributed by atoms with Crippen molar-refractivity contribution < 1.29 is 0 Å². The lowest BCUT2D eigenvalue weighted by atomic mass is 9.99. The van der Waals surface area contributed by atoms with Crippen molar-refractivity contribution in [1.82, 2.24) is 24.7 Å². The molecule has 0 fully saturated rings. The molecule has 0 saturated carbocycles. The SMILES string of the molecule is c1ccc(-c2nc3n(n2)CC(c2ccncc2)CN3)nc1. The van der Waals surface area contributed by atoms with Crippen LogP contribution in [0.1, 0.15) is 11.5 Å². The zero-order chi connectivity index (χ0) is 14.1. The second-order valence-corrected chi connectivity index (χ2v) is 5.01. The van der Waals surface area contributed by atoms with Gasteiger partial charge in [-0.2, -0.15) is 4.98 Å². The molecule has 3 aromatic heterocycles. The van der Waals surface area contributed by atoms with Gasteiger partial charge in [0.1, 0.15) is 5.69 Å². The Balaban J connectivity index is 1.63. The van der Waals surface area contributed by atoms with E-state index in [2.05, 4.69) is 25.4 Å². The molecule has 4 heterocycles. The van der Waals surface area contributed by atoms with E-state index in [-0.39, 0.29) is 0 Å². The fourth-order valence-corrected chi connectivity index (χ4v) is 2.55. The first-order chi connectivity index (χ1) is 10.4. The number of hydrogen-bond donors (Lipinski definition) is 1. The van der Waals surface area contributed by atoms with E-state index in [1.807, 2.05) is 47.4 Å². The average molecular weight is 278 g/mol. The van der Waals surface area contributed by atoms with E-state index in [1.165, 1.54) is 5.56 Å². The van der Waals surface area contributed by atoms with Gasteiger partial charge in [-0.1, -0.05) is 6.07 Å². The van der Waals surface area contributed by atoms with E-state index in [9.17, 15) is 0 Å². The summed E-state index contributed by atoms with van der Waals surface area (Å²) in [5.41, 5.74) is 2.06. The molecule has 21 heavy (non-hydrogen) atoms. The highest BCUT2D eigenvalue weighted by molar-refractivity contribution is 5.51. The summed E-state index contributed by atoms with van der Waals surface area (Å²) in [4.78, 5) is 12.9. The molecule has 1 atom stereocenters. The average Bonchev–Trinajstić information content (AvgIpc) is 2.99. The maximum Gasteiger partial charge on any atom is 0.221 e. The molecule has 1 unspecified atom stereocenters. The van der Waals surface area contributed by atoms with E-state index < -0.39 is 0 Å². The summed E-state index contributed by atoms with van der Waals surface area (Å²) < 4.78 is 1.92. The van der Waals surface area contributed by atoms with Crippen LogP contribution in [0.25, 0.3) is 11.5 Å². The summed E-state index contributed by atoms with van der Waals surface area (Å²) in [5, 5.41) is 7.90. The van der Waals surface area contributed by atoms with E-state index in [0.29, 0.717) is 11.7 Å². The number of anilines is 1. The van der Waals surface area contributed by atoms with Crippen LogP contribution in [0, 0.1) is 0 Å². The molecule has 0 spiro atoms. The van der Waals surface area contributed by atoms with Crippen LogP contribution in [0.4, 0.5) is 5.95 Å². The van der Waals surface area contributed by atoms with Gasteiger partial charge in [-0.05, 0) is 29.8 Å². The lowest BCUT2D eigenvalue weighted by Gasteiger charge is -2.23. The first-order valence-electron chi connectivity index (χ1n) is 6.90. The monoisotopic (exact) mass is 278 g/mol. The standard InChI is InChI=1S/C15H14N6/c1-2-6-17-13(3-1)14-19-15-18-9-12(10-21(15)20-14)11-4-7-16-8-5-11/h1-8,12H,9-10H2,(H,18,19,20). The van der Waals surface area contributed by atoms with Gasteiger partial charge in [0.15, 0.2) is 0 Å². The van der Waals surface area contributed by atoms with Crippen LogP contribution in [0.2, 0.25) is 0 Å². The van der Waals surface area contributed by atoms with Gasteiger partial charge in [0.2, 0.25) is 11.8 Å². The molecule has 6 nitrogen and oxygen atoms in total. The Kier molecular flexibility index (Phi) is 2.85. The number of rotatable bonds is 2. The van der Waals surface area contributed by atoms with Gasteiger partial charge >= 0.3 is 0 Å². The molecule has 6 heteroatoms. The van der Waals surface area contributed by atoms with Crippen LogP contribution in [-0.4, -0.2) is 31.3 Å². The number of nitrogens with one attached hydrogen (secondary N) is 1. The molecule has 3 aromatic rings. The minimum atomic E-state index is 0.374. The maximum absolute atomic E-state index is 4.56. The molecule has 1 aliphatic rings. The predicted octanol–water partition coefficient (Wildman–Crippen LogP) is 1.94. The van der Waals surface area contributed by atoms with E-state index in [0.717, 1.165) is 24.7 Å². The van der Waals surface area contributed by atoms with Gasteiger partial charge in [0.25, 0.3) is 0 Å². The van der Waals surface area contributed by atoms with Gasteiger partial charge in [0, 0.05) is 31.1 Å². The molecule has 0 radical (unpaired) electrons. The van der Waals surface area contributed by atoms with Crippen molar-refractivity contribution in [2.75, 3.05) is 11.9 Å². The fourth-order valence-electron chi connectivity index (χ4n) is 2.55. The van der Waals surface area contributed by atoms with Gasteiger partial charge < -0.3 is 5.32 Å². The Morgan fingerprint density at radius 3 is 2.81 bits per heavy atom. The maximum atomic E-state index is 4.56.